The number of imidazole rings is 1. The molecular formula is C20H15BrN4O2S. The van der Waals surface area contributed by atoms with Crippen LogP contribution in [0.2, 0.25) is 0 Å². The highest BCUT2D eigenvalue weighted by atomic mass is 79.9. The molecule has 2 heterocycles. The van der Waals surface area contributed by atoms with Gasteiger partial charge in [0, 0.05) is 39.4 Å². The minimum atomic E-state index is -0.375. The van der Waals surface area contributed by atoms with E-state index in [2.05, 4.69) is 43.3 Å². The van der Waals surface area contributed by atoms with Crippen molar-refractivity contribution in [3.8, 4) is 0 Å². The van der Waals surface area contributed by atoms with Gasteiger partial charge in [-0.15, -0.1) is 11.8 Å². The molecule has 0 radical (unpaired) electrons. The fraction of sp³-hybridized carbons (Fsp3) is 0.0500. The molecule has 28 heavy (non-hydrogen) atoms. The van der Waals surface area contributed by atoms with Crippen LogP contribution in [0.3, 0.4) is 0 Å². The molecule has 2 aromatic heterocycles. The Hall–Kier alpha value is -2.84. The van der Waals surface area contributed by atoms with Crippen LogP contribution in [0.5, 0.6) is 0 Å². The van der Waals surface area contributed by atoms with Gasteiger partial charge in [-0.05, 0) is 39.7 Å². The summed E-state index contributed by atoms with van der Waals surface area (Å²) in [5.41, 5.74) is 1.91. The Bertz CT molecular complexity index is 1200. The summed E-state index contributed by atoms with van der Waals surface area (Å²) >= 11 is 5.28. The molecule has 0 saturated heterocycles. The average Bonchev–Trinajstić information content (AvgIpc) is 3.14. The summed E-state index contributed by atoms with van der Waals surface area (Å²) < 4.78 is 2.42. The first-order valence-electron chi connectivity index (χ1n) is 8.44. The lowest BCUT2D eigenvalue weighted by molar-refractivity contribution is 0.102. The number of nitrogens with one attached hydrogen (secondary N) is 2. The number of carbonyl (C=O) groups excluding carboxylic acids is 1. The number of benzene rings is 2. The van der Waals surface area contributed by atoms with Gasteiger partial charge < -0.3 is 14.7 Å². The molecule has 0 spiro atoms. The van der Waals surface area contributed by atoms with Crippen LogP contribution in [-0.2, 0) is 5.75 Å². The van der Waals surface area contributed by atoms with Gasteiger partial charge in [-0.3, -0.25) is 9.59 Å². The smallest absolute Gasteiger partial charge is 0.291 e. The number of rotatable bonds is 5. The summed E-state index contributed by atoms with van der Waals surface area (Å²) in [5.74, 6) is 0.487. The van der Waals surface area contributed by atoms with Gasteiger partial charge >= 0.3 is 0 Å². The van der Waals surface area contributed by atoms with Crippen molar-refractivity contribution in [1.29, 1.82) is 0 Å². The zero-order valence-corrected chi connectivity index (χ0v) is 17.0. The van der Waals surface area contributed by atoms with Crippen molar-refractivity contribution in [1.82, 2.24) is 14.4 Å². The summed E-state index contributed by atoms with van der Waals surface area (Å²) in [6.45, 7) is 0. The molecule has 0 unspecified atom stereocenters. The maximum absolute atomic E-state index is 12.5. The third-order valence-electron chi connectivity index (χ3n) is 4.04. The third kappa shape index (κ3) is 4.02. The van der Waals surface area contributed by atoms with E-state index in [0.29, 0.717) is 5.69 Å². The predicted molar refractivity (Wildman–Crippen MR) is 114 cm³/mol. The van der Waals surface area contributed by atoms with E-state index in [0.717, 1.165) is 15.1 Å². The third-order valence-corrected chi connectivity index (χ3v) is 6.11. The van der Waals surface area contributed by atoms with Crippen molar-refractivity contribution in [3.05, 3.63) is 93.2 Å². The number of aromatic amines is 1. The van der Waals surface area contributed by atoms with Crippen LogP contribution in [0, 0.1) is 0 Å². The molecule has 0 saturated carbocycles. The Morgan fingerprint density at radius 2 is 2.04 bits per heavy atom. The standard InChI is InChI=1S/C20H15BrN4O2S/c21-15-10-14(6-7-17(15)28-12-13-4-2-1-3-5-13)23-19(26)16-11-25-9-8-22-20(27)18(25)24-16/h1-11H,12H2,(H,22,27)(H,23,26). The fourth-order valence-corrected chi connectivity index (χ4v) is 4.27. The van der Waals surface area contributed by atoms with E-state index in [4.69, 9.17) is 0 Å². The molecular weight excluding hydrogens is 440 g/mol. The molecule has 6 nitrogen and oxygen atoms in total. The zero-order valence-electron chi connectivity index (χ0n) is 14.6. The van der Waals surface area contributed by atoms with Crippen molar-refractivity contribution in [2.24, 2.45) is 0 Å². The number of hydrogen-bond acceptors (Lipinski definition) is 4. The number of nitrogens with zero attached hydrogens (tertiary/aromatic N) is 2. The molecule has 0 aliphatic rings. The van der Waals surface area contributed by atoms with E-state index in [1.165, 1.54) is 22.4 Å². The molecule has 0 fully saturated rings. The van der Waals surface area contributed by atoms with Crippen molar-refractivity contribution in [2.75, 3.05) is 5.32 Å². The number of carbonyl (C=O) groups is 1. The van der Waals surface area contributed by atoms with Gasteiger partial charge in [0.25, 0.3) is 11.5 Å². The van der Waals surface area contributed by atoms with E-state index in [1.807, 2.05) is 36.4 Å². The van der Waals surface area contributed by atoms with Gasteiger partial charge in [-0.2, -0.15) is 0 Å². The minimum absolute atomic E-state index is 0.176. The van der Waals surface area contributed by atoms with Gasteiger partial charge in [-0.25, -0.2) is 4.98 Å². The molecule has 8 heteroatoms. The predicted octanol–water partition coefficient (Wildman–Crippen LogP) is 4.33. The monoisotopic (exact) mass is 454 g/mol. The first-order chi connectivity index (χ1) is 13.6. The molecule has 4 aromatic rings. The highest BCUT2D eigenvalue weighted by Crippen LogP contribution is 2.32. The summed E-state index contributed by atoms with van der Waals surface area (Å²) in [6.07, 6.45) is 4.66. The normalized spacial score (nSPS) is 10.9. The Morgan fingerprint density at radius 1 is 1.21 bits per heavy atom. The van der Waals surface area contributed by atoms with E-state index in [9.17, 15) is 9.59 Å². The summed E-state index contributed by atoms with van der Waals surface area (Å²) in [4.78, 5) is 31.9. The number of H-pyrrole nitrogens is 1. The quantitative estimate of drug-likeness (QED) is 0.439. The van der Waals surface area contributed by atoms with Crippen molar-refractivity contribution < 1.29 is 4.79 Å². The van der Waals surface area contributed by atoms with Crippen LogP contribution >= 0.6 is 27.7 Å². The van der Waals surface area contributed by atoms with E-state index in [1.54, 1.807) is 18.0 Å². The molecule has 140 valence electrons. The summed E-state index contributed by atoms with van der Waals surface area (Å²) in [6, 6.07) is 15.9. The highest BCUT2D eigenvalue weighted by Gasteiger charge is 2.13. The van der Waals surface area contributed by atoms with E-state index < -0.39 is 0 Å². The van der Waals surface area contributed by atoms with Gasteiger partial charge in [0.2, 0.25) is 5.65 Å². The Kier molecular flexibility index (Phi) is 5.31. The molecule has 2 N–H and O–H groups in total. The van der Waals surface area contributed by atoms with Crippen molar-refractivity contribution in [2.45, 2.75) is 10.6 Å². The van der Waals surface area contributed by atoms with E-state index in [-0.39, 0.29) is 22.8 Å². The van der Waals surface area contributed by atoms with Crippen molar-refractivity contribution in [3.63, 3.8) is 0 Å². The Labute approximate surface area is 173 Å². The number of thioether (sulfide) groups is 1. The largest absolute Gasteiger partial charge is 0.324 e. The maximum Gasteiger partial charge on any atom is 0.291 e. The molecule has 0 aliphatic carbocycles. The average molecular weight is 455 g/mol. The first kappa shape index (κ1) is 18.5. The maximum atomic E-state index is 12.5. The molecule has 0 atom stereocenters. The minimum Gasteiger partial charge on any atom is -0.324 e. The number of anilines is 1. The van der Waals surface area contributed by atoms with Crippen LogP contribution < -0.4 is 10.9 Å². The lowest BCUT2D eigenvalue weighted by atomic mass is 10.2. The number of aromatic nitrogens is 3. The van der Waals surface area contributed by atoms with E-state index >= 15 is 0 Å². The van der Waals surface area contributed by atoms with Crippen LogP contribution in [0.1, 0.15) is 16.1 Å². The molecule has 2 aromatic carbocycles. The number of hydrogen-bond donors (Lipinski definition) is 2. The fourth-order valence-electron chi connectivity index (χ4n) is 2.67. The van der Waals surface area contributed by atoms with Gasteiger partial charge in [0.15, 0.2) is 0 Å². The van der Waals surface area contributed by atoms with Gasteiger partial charge in [-0.1, -0.05) is 30.3 Å². The van der Waals surface area contributed by atoms with Crippen LogP contribution in [-0.4, -0.2) is 20.3 Å². The topological polar surface area (TPSA) is 79.3 Å². The lowest BCUT2D eigenvalue weighted by Gasteiger charge is -2.08. The Morgan fingerprint density at radius 3 is 2.79 bits per heavy atom. The van der Waals surface area contributed by atoms with Crippen LogP contribution in [0.15, 0.2) is 81.3 Å². The van der Waals surface area contributed by atoms with Crippen molar-refractivity contribution >= 4 is 44.9 Å². The molecule has 4 rings (SSSR count). The first-order valence-corrected chi connectivity index (χ1v) is 10.2. The summed E-state index contributed by atoms with van der Waals surface area (Å²) in [5, 5.41) is 2.81. The SMILES string of the molecule is O=C(Nc1ccc(SCc2ccccc2)c(Br)c1)c1cn2cc[nH]c(=O)c2n1. The second kappa shape index (κ2) is 8.04. The van der Waals surface area contributed by atoms with Crippen LogP contribution in [0.25, 0.3) is 5.65 Å². The van der Waals surface area contributed by atoms with Gasteiger partial charge in [0.1, 0.15) is 5.69 Å². The summed E-state index contributed by atoms with van der Waals surface area (Å²) in [7, 11) is 0. The number of fused-ring (bicyclic) bond motifs is 1. The highest BCUT2D eigenvalue weighted by molar-refractivity contribution is 9.10. The second-order valence-electron chi connectivity index (χ2n) is 6.02. The second-order valence-corrected chi connectivity index (χ2v) is 7.89. The Balaban J connectivity index is 1.47. The molecule has 0 bridgehead atoms. The number of halogens is 1. The van der Waals surface area contributed by atoms with Crippen LogP contribution in [0.4, 0.5) is 5.69 Å². The lowest BCUT2D eigenvalue weighted by Crippen LogP contribution is -2.12. The molecule has 0 aliphatic heterocycles. The zero-order chi connectivity index (χ0) is 19.5. The van der Waals surface area contributed by atoms with Gasteiger partial charge in [0.05, 0.1) is 0 Å². The molecule has 1 amide bonds. The number of amides is 1.